The first-order valence-electron chi connectivity index (χ1n) is 17.3. The van der Waals surface area contributed by atoms with Crippen LogP contribution >= 0.6 is 0 Å². The van der Waals surface area contributed by atoms with Crippen molar-refractivity contribution in [3.63, 3.8) is 0 Å². The van der Waals surface area contributed by atoms with Crippen LogP contribution in [-0.2, 0) is 0 Å². The molecule has 2 nitrogen and oxygen atoms in total. The van der Waals surface area contributed by atoms with Gasteiger partial charge in [0.25, 0.3) is 0 Å². The van der Waals surface area contributed by atoms with Gasteiger partial charge in [-0.05, 0) is 67.9 Å². The molecule has 0 aliphatic carbocycles. The molecule has 8 rings (SSSR count). The minimum absolute atomic E-state index is 0.692. The van der Waals surface area contributed by atoms with Crippen molar-refractivity contribution in [2.75, 3.05) is 0 Å². The Morgan fingerprint density at radius 3 is 1.45 bits per heavy atom. The highest BCUT2D eigenvalue weighted by Crippen LogP contribution is 2.34. The first kappa shape index (κ1) is 31.6. The third-order valence-corrected chi connectivity index (χ3v) is 9.49. The van der Waals surface area contributed by atoms with E-state index < -0.39 is 0 Å². The number of hydrogen-bond donors (Lipinski definition) is 0. The van der Waals surface area contributed by atoms with Gasteiger partial charge in [0.05, 0.1) is 11.4 Å². The van der Waals surface area contributed by atoms with Crippen LogP contribution < -0.4 is 0 Å². The average molecular weight is 653 g/mol. The molecule has 7 aromatic carbocycles. The number of benzene rings is 7. The predicted molar refractivity (Wildman–Crippen MR) is 217 cm³/mol. The van der Waals surface area contributed by atoms with Crippen LogP contribution in [0.25, 0.3) is 83.3 Å². The molecule has 1 heterocycles. The van der Waals surface area contributed by atoms with Gasteiger partial charge in [0.2, 0.25) is 0 Å². The van der Waals surface area contributed by atoms with E-state index in [1.54, 1.807) is 6.08 Å². The molecule has 0 saturated heterocycles. The number of nitrogens with zero attached hydrogens (tertiary/aromatic N) is 2. The maximum absolute atomic E-state index is 5.16. The first-order valence-corrected chi connectivity index (χ1v) is 17.3. The number of fused-ring (bicyclic) bond motifs is 2. The van der Waals surface area contributed by atoms with Crippen molar-refractivity contribution in [3.8, 4) is 56.2 Å². The fourth-order valence-corrected chi connectivity index (χ4v) is 6.81. The van der Waals surface area contributed by atoms with Gasteiger partial charge in [0.15, 0.2) is 5.82 Å². The maximum Gasteiger partial charge on any atom is 0.160 e. The molecule has 0 atom stereocenters. The first-order chi connectivity index (χ1) is 25.2. The monoisotopic (exact) mass is 652 g/mol. The lowest BCUT2D eigenvalue weighted by atomic mass is 9.96. The van der Waals surface area contributed by atoms with E-state index in [-0.39, 0.29) is 0 Å². The van der Waals surface area contributed by atoms with Crippen molar-refractivity contribution in [1.82, 2.24) is 9.97 Å². The van der Waals surface area contributed by atoms with Gasteiger partial charge >= 0.3 is 0 Å². The van der Waals surface area contributed by atoms with Gasteiger partial charge in [-0.1, -0.05) is 189 Å². The summed E-state index contributed by atoms with van der Waals surface area (Å²) >= 11 is 0. The summed E-state index contributed by atoms with van der Waals surface area (Å²) in [5.74, 6) is 0.692. The molecule has 0 unspecified atom stereocenters. The summed E-state index contributed by atoms with van der Waals surface area (Å²) in [5, 5.41) is 4.95. The SMILES string of the molecule is C=C/C=C\C(=C/C)c1ccc(-c2cc(-c3ccc(-c4cccc5ccccc45)cc3)nc(-c3ccc(-c4cccc5ccccc45)cc3)n2)cc1. The molecule has 8 aromatic rings. The summed E-state index contributed by atoms with van der Waals surface area (Å²) in [6.07, 6.45) is 7.95. The van der Waals surface area contributed by atoms with E-state index in [1.807, 2.05) is 6.08 Å². The third kappa shape index (κ3) is 6.44. The van der Waals surface area contributed by atoms with Crippen molar-refractivity contribution in [2.45, 2.75) is 6.92 Å². The zero-order chi connectivity index (χ0) is 34.6. The van der Waals surface area contributed by atoms with Gasteiger partial charge in [0, 0.05) is 16.7 Å². The van der Waals surface area contributed by atoms with Crippen molar-refractivity contribution in [3.05, 3.63) is 200 Å². The highest BCUT2D eigenvalue weighted by Gasteiger charge is 2.13. The number of aromatic nitrogens is 2. The van der Waals surface area contributed by atoms with Gasteiger partial charge in [-0.2, -0.15) is 0 Å². The van der Waals surface area contributed by atoms with Gasteiger partial charge in [-0.3, -0.25) is 0 Å². The van der Waals surface area contributed by atoms with E-state index in [2.05, 4.69) is 189 Å². The lowest BCUT2D eigenvalue weighted by Crippen LogP contribution is -1.96. The molecule has 0 bridgehead atoms. The normalized spacial score (nSPS) is 11.7. The summed E-state index contributed by atoms with van der Waals surface area (Å²) in [6, 6.07) is 58.1. The van der Waals surface area contributed by atoms with Crippen molar-refractivity contribution < 1.29 is 0 Å². The lowest BCUT2D eigenvalue weighted by molar-refractivity contribution is 1.18. The van der Waals surface area contributed by atoms with Crippen LogP contribution in [-0.4, -0.2) is 9.97 Å². The molecule has 0 spiro atoms. The topological polar surface area (TPSA) is 25.8 Å². The maximum atomic E-state index is 5.16. The van der Waals surface area contributed by atoms with Gasteiger partial charge in [-0.15, -0.1) is 0 Å². The molecule has 0 aliphatic heterocycles. The standard InChI is InChI=1S/C49H36N2/c1-3-5-12-34(4-2)35-21-27-40(28-22-35)47-33-48(41-29-23-38(24-30-41)45-19-10-15-36-13-6-8-17-43(36)45)51-49(50-47)42-31-25-39(26-32-42)46-20-11-16-37-14-7-9-18-44(37)46/h3-33H,1H2,2H3/b12-5-,34-4+. The molecule has 242 valence electrons. The summed E-state index contributed by atoms with van der Waals surface area (Å²) in [7, 11) is 0. The highest BCUT2D eigenvalue weighted by molar-refractivity contribution is 5.98. The Labute approximate surface area is 299 Å². The van der Waals surface area contributed by atoms with Crippen molar-refractivity contribution in [2.24, 2.45) is 0 Å². The van der Waals surface area contributed by atoms with Crippen LogP contribution in [0.15, 0.2) is 195 Å². The Hall–Kier alpha value is -6.64. The molecule has 0 aliphatic rings. The number of rotatable bonds is 8. The zero-order valence-corrected chi connectivity index (χ0v) is 28.5. The minimum atomic E-state index is 0.692. The smallest absolute Gasteiger partial charge is 0.160 e. The van der Waals surface area contributed by atoms with E-state index in [0.29, 0.717) is 5.82 Å². The van der Waals surface area contributed by atoms with E-state index in [1.165, 1.54) is 38.2 Å². The van der Waals surface area contributed by atoms with Crippen molar-refractivity contribution >= 4 is 27.1 Å². The molecule has 2 heteroatoms. The van der Waals surface area contributed by atoms with E-state index in [9.17, 15) is 0 Å². The minimum Gasteiger partial charge on any atom is -0.228 e. The van der Waals surface area contributed by atoms with Gasteiger partial charge < -0.3 is 0 Å². The summed E-state index contributed by atoms with van der Waals surface area (Å²) in [4.78, 5) is 10.3. The fraction of sp³-hybridized carbons (Fsp3) is 0.0204. The Balaban J connectivity index is 1.20. The second-order valence-corrected chi connectivity index (χ2v) is 12.6. The highest BCUT2D eigenvalue weighted by atomic mass is 14.9. The Bertz CT molecular complexity index is 2420. The summed E-state index contributed by atoms with van der Waals surface area (Å²) < 4.78 is 0. The Kier molecular flexibility index (Phi) is 8.72. The van der Waals surface area contributed by atoms with Crippen LogP contribution in [0.4, 0.5) is 0 Å². The van der Waals surface area contributed by atoms with E-state index in [4.69, 9.17) is 9.97 Å². The van der Waals surface area contributed by atoms with Gasteiger partial charge in [-0.25, -0.2) is 9.97 Å². The van der Waals surface area contributed by atoms with Gasteiger partial charge in [0.1, 0.15) is 0 Å². The Morgan fingerprint density at radius 1 is 0.490 bits per heavy atom. The van der Waals surface area contributed by atoms with Crippen LogP contribution in [0.3, 0.4) is 0 Å². The molecule has 0 radical (unpaired) electrons. The lowest BCUT2D eigenvalue weighted by Gasteiger charge is -2.12. The second-order valence-electron chi connectivity index (χ2n) is 12.6. The van der Waals surface area contributed by atoms with E-state index in [0.717, 1.165) is 44.8 Å². The molecule has 1 aromatic heterocycles. The van der Waals surface area contributed by atoms with Crippen LogP contribution in [0.5, 0.6) is 0 Å². The molecule has 0 saturated carbocycles. The summed E-state index contributed by atoms with van der Waals surface area (Å²) in [5.41, 5.74) is 11.9. The Morgan fingerprint density at radius 2 is 0.941 bits per heavy atom. The molecule has 51 heavy (non-hydrogen) atoms. The molecule has 0 amide bonds. The van der Waals surface area contributed by atoms with Crippen LogP contribution in [0.2, 0.25) is 0 Å². The molecule has 0 fully saturated rings. The largest absolute Gasteiger partial charge is 0.228 e. The summed E-state index contributed by atoms with van der Waals surface area (Å²) in [6.45, 7) is 5.87. The second kappa shape index (κ2) is 14.1. The third-order valence-electron chi connectivity index (χ3n) is 9.49. The number of hydrogen-bond acceptors (Lipinski definition) is 2. The van der Waals surface area contributed by atoms with Crippen LogP contribution in [0, 0.1) is 0 Å². The quantitative estimate of drug-likeness (QED) is 0.153. The zero-order valence-electron chi connectivity index (χ0n) is 28.5. The van der Waals surface area contributed by atoms with Crippen LogP contribution in [0.1, 0.15) is 12.5 Å². The molecular formula is C49H36N2. The number of allylic oxidation sites excluding steroid dienone is 5. The molecular weight excluding hydrogens is 617 g/mol. The predicted octanol–water partition coefficient (Wildman–Crippen LogP) is 13.3. The van der Waals surface area contributed by atoms with Crippen molar-refractivity contribution in [1.29, 1.82) is 0 Å². The van der Waals surface area contributed by atoms with E-state index >= 15 is 0 Å². The average Bonchev–Trinajstić information content (AvgIpc) is 3.21. The molecule has 0 N–H and O–H groups in total. The fourth-order valence-electron chi connectivity index (χ4n) is 6.81.